The fraction of sp³-hybridized carbons (Fsp3) is 0.375. The second-order valence-electron chi connectivity index (χ2n) is 8.99. The highest BCUT2D eigenvalue weighted by Gasteiger charge is 2.35. The number of nitrogens with zero attached hydrogens (tertiary/aromatic N) is 4. The first-order chi connectivity index (χ1) is 16.4. The fourth-order valence-electron chi connectivity index (χ4n) is 4.62. The molecule has 3 aromatic rings. The van der Waals surface area contributed by atoms with E-state index in [2.05, 4.69) is 10.1 Å². The number of carbonyl (C=O) groups excluding carboxylic acids is 1. The summed E-state index contributed by atoms with van der Waals surface area (Å²) in [5.41, 5.74) is 2.78. The lowest BCUT2D eigenvalue weighted by atomic mass is 10.0. The summed E-state index contributed by atoms with van der Waals surface area (Å²) in [6, 6.07) is 10.8. The number of benzene rings is 2. The molecular weight excluding hydrogens is 456 g/mol. The molecule has 176 valence electrons. The predicted octanol–water partition coefficient (Wildman–Crippen LogP) is 3.32. The van der Waals surface area contributed by atoms with E-state index in [1.54, 1.807) is 13.0 Å². The minimum Gasteiger partial charge on any atom is -0.482 e. The molecule has 1 fully saturated rings. The van der Waals surface area contributed by atoms with Gasteiger partial charge in [0, 0.05) is 18.5 Å². The van der Waals surface area contributed by atoms with Crippen molar-refractivity contribution in [3.63, 3.8) is 0 Å². The minimum atomic E-state index is -3.82. The van der Waals surface area contributed by atoms with Gasteiger partial charge < -0.3 is 9.26 Å². The first kappa shape index (κ1) is 21.2. The van der Waals surface area contributed by atoms with Crippen LogP contribution in [0, 0.1) is 6.92 Å². The summed E-state index contributed by atoms with van der Waals surface area (Å²) in [6.07, 6.45) is 3.69. The fourth-order valence-corrected chi connectivity index (χ4v) is 6.39. The molecule has 0 spiro atoms. The molecule has 3 heterocycles. The SMILES string of the molecule is Cc1cc2c(cc1S(=O)(=O)N1CCCc3ccccc31)OCC(=O)N2Cc1noc(C2CC2)n1. The van der Waals surface area contributed by atoms with E-state index in [-0.39, 0.29) is 24.0 Å². The molecule has 1 saturated carbocycles. The van der Waals surface area contributed by atoms with Gasteiger partial charge >= 0.3 is 0 Å². The van der Waals surface area contributed by atoms with E-state index in [1.165, 1.54) is 15.3 Å². The van der Waals surface area contributed by atoms with E-state index >= 15 is 0 Å². The Bertz CT molecular complexity index is 1400. The summed E-state index contributed by atoms with van der Waals surface area (Å²) in [4.78, 5) is 18.8. The number of amides is 1. The number of fused-ring (bicyclic) bond motifs is 2. The molecule has 0 bridgehead atoms. The molecule has 0 radical (unpaired) electrons. The van der Waals surface area contributed by atoms with Crippen LogP contribution in [0.3, 0.4) is 0 Å². The molecule has 3 aliphatic rings. The summed E-state index contributed by atoms with van der Waals surface area (Å²) in [7, 11) is -3.82. The lowest BCUT2D eigenvalue weighted by molar-refractivity contribution is -0.121. The molecular formula is C24H24N4O5S. The van der Waals surface area contributed by atoms with Gasteiger partial charge in [0.15, 0.2) is 12.4 Å². The van der Waals surface area contributed by atoms with Crippen molar-refractivity contribution in [2.24, 2.45) is 0 Å². The van der Waals surface area contributed by atoms with E-state index in [9.17, 15) is 13.2 Å². The lowest BCUT2D eigenvalue weighted by Gasteiger charge is -2.32. The van der Waals surface area contributed by atoms with Crippen LogP contribution in [0.15, 0.2) is 45.8 Å². The van der Waals surface area contributed by atoms with Crippen LogP contribution in [0.1, 0.15) is 48.0 Å². The smallest absolute Gasteiger partial charge is 0.265 e. The number of carbonyl (C=O) groups is 1. The van der Waals surface area contributed by atoms with E-state index in [0.29, 0.717) is 46.9 Å². The van der Waals surface area contributed by atoms with Gasteiger partial charge in [0.2, 0.25) is 5.89 Å². The van der Waals surface area contributed by atoms with E-state index in [4.69, 9.17) is 9.26 Å². The molecule has 6 rings (SSSR count). The number of para-hydroxylation sites is 1. The molecule has 9 nitrogen and oxygen atoms in total. The van der Waals surface area contributed by atoms with E-state index in [0.717, 1.165) is 31.2 Å². The second kappa shape index (κ2) is 7.83. The van der Waals surface area contributed by atoms with Crippen molar-refractivity contribution in [2.75, 3.05) is 22.4 Å². The van der Waals surface area contributed by atoms with Gasteiger partial charge in [0.1, 0.15) is 5.75 Å². The monoisotopic (exact) mass is 480 g/mol. The van der Waals surface area contributed by atoms with Gasteiger partial charge in [-0.25, -0.2) is 8.42 Å². The minimum absolute atomic E-state index is 0.135. The highest BCUT2D eigenvalue weighted by atomic mass is 32.2. The Hall–Kier alpha value is -3.40. The third-order valence-corrected chi connectivity index (χ3v) is 8.50. The maximum absolute atomic E-state index is 13.7. The van der Waals surface area contributed by atoms with Gasteiger partial charge in [-0.2, -0.15) is 4.98 Å². The zero-order valence-electron chi connectivity index (χ0n) is 18.7. The van der Waals surface area contributed by atoms with Gasteiger partial charge in [-0.3, -0.25) is 14.0 Å². The van der Waals surface area contributed by atoms with Gasteiger partial charge in [0.05, 0.1) is 22.8 Å². The molecule has 0 atom stereocenters. The quantitative estimate of drug-likeness (QED) is 0.551. The van der Waals surface area contributed by atoms with Gasteiger partial charge in [-0.05, 0) is 55.9 Å². The van der Waals surface area contributed by atoms with Gasteiger partial charge in [0.25, 0.3) is 15.9 Å². The summed E-state index contributed by atoms with van der Waals surface area (Å²) < 4.78 is 39.9. The summed E-state index contributed by atoms with van der Waals surface area (Å²) in [6.45, 7) is 2.11. The Balaban J connectivity index is 1.35. The van der Waals surface area contributed by atoms with Crippen LogP contribution >= 0.6 is 0 Å². The van der Waals surface area contributed by atoms with Crippen LogP contribution in [0.5, 0.6) is 5.75 Å². The van der Waals surface area contributed by atoms with Gasteiger partial charge in [-0.1, -0.05) is 23.4 Å². The van der Waals surface area contributed by atoms with E-state index in [1.807, 2.05) is 24.3 Å². The number of aromatic nitrogens is 2. The highest BCUT2D eigenvalue weighted by molar-refractivity contribution is 7.92. The Kier molecular flexibility index (Phi) is 4.87. The third kappa shape index (κ3) is 3.53. The predicted molar refractivity (Wildman–Crippen MR) is 123 cm³/mol. The van der Waals surface area contributed by atoms with E-state index < -0.39 is 10.0 Å². The molecule has 0 unspecified atom stereocenters. The van der Waals surface area contributed by atoms with Crippen molar-refractivity contribution in [1.29, 1.82) is 0 Å². The summed E-state index contributed by atoms with van der Waals surface area (Å²) in [5.74, 6) is 1.45. The Morgan fingerprint density at radius 3 is 2.79 bits per heavy atom. The number of anilines is 2. The normalized spacial score (nSPS) is 17.9. The number of aryl methyl sites for hydroxylation is 2. The molecule has 2 aromatic carbocycles. The van der Waals surface area contributed by atoms with Gasteiger partial charge in [-0.15, -0.1) is 0 Å². The van der Waals surface area contributed by atoms with Crippen LogP contribution in [-0.2, 0) is 27.8 Å². The van der Waals surface area contributed by atoms with Crippen LogP contribution in [0.2, 0.25) is 0 Å². The standard InChI is InChI=1S/C24H24N4O5S/c1-15-11-19-20(32-14-23(29)27(19)13-22-25-24(33-26-22)17-8-9-17)12-21(15)34(30,31)28-10-4-6-16-5-2-3-7-18(16)28/h2-3,5,7,11-12,17H,4,6,8-10,13-14H2,1H3. The first-order valence-electron chi connectivity index (χ1n) is 11.4. The Morgan fingerprint density at radius 1 is 1.15 bits per heavy atom. The number of rotatable bonds is 5. The molecule has 2 aliphatic heterocycles. The molecule has 0 saturated heterocycles. The first-order valence-corrected chi connectivity index (χ1v) is 12.9. The zero-order valence-corrected chi connectivity index (χ0v) is 19.5. The zero-order chi connectivity index (χ0) is 23.4. The van der Waals surface area contributed by atoms with Crippen molar-refractivity contribution < 1.29 is 22.5 Å². The van der Waals surface area contributed by atoms with Crippen molar-refractivity contribution in [1.82, 2.24) is 10.1 Å². The summed E-state index contributed by atoms with van der Waals surface area (Å²) >= 11 is 0. The highest BCUT2D eigenvalue weighted by Crippen LogP contribution is 2.41. The topological polar surface area (TPSA) is 106 Å². The van der Waals surface area contributed by atoms with Crippen LogP contribution in [-0.4, -0.2) is 37.6 Å². The summed E-state index contributed by atoms with van der Waals surface area (Å²) in [5, 5.41) is 4.02. The second-order valence-corrected chi connectivity index (χ2v) is 10.8. The van der Waals surface area contributed by atoms with Crippen LogP contribution in [0.25, 0.3) is 0 Å². The molecule has 10 heteroatoms. The Morgan fingerprint density at radius 2 is 1.97 bits per heavy atom. The maximum atomic E-state index is 13.7. The molecule has 34 heavy (non-hydrogen) atoms. The maximum Gasteiger partial charge on any atom is 0.265 e. The average molecular weight is 481 g/mol. The molecule has 1 aromatic heterocycles. The van der Waals surface area contributed by atoms with Crippen molar-refractivity contribution in [2.45, 2.75) is 50.0 Å². The molecule has 1 amide bonds. The number of sulfonamides is 1. The van der Waals surface area contributed by atoms with Crippen molar-refractivity contribution in [3.05, 3.63) is 59.2 Å². The van der Waals surface area contributed by atoms with Crippen molar-refractivity contribution in [3.8, 4) is 5.75 Å². The van der Waals surface area contributed by atoms with Crippen LogP contribution in [0.4, 0.5) is 11.4 Å². The largest absolute Gasteiger partial charge is 0.482 e. The van der Waals surface area contributed by atoms with Crippen molar-refractivity contribution >= 4 is 27.3 Å². The third-order valence-electron chi connectivity index (χ3n) is 6.55. The molecule has 0 N–H and O–H groups in total. The lowest BCUT2D eigenvalue weighted by Crippen LogP contribution is -2.39. The molecule has 1 aliphatic carbocycles. The van der Waals surface area contributed by atoms with Crippen LogP contribution < -0.4 is 13.9 Å². The number of hydrogen-bond acceptors (Lipinski definition) is 7. The number of ether oxygens (including phenoxy) is 1. The average Bonchev–Trinajstić information content (AvgIpc) is 3.58. The number of hydrogen-bond donors (Lipinski definition) is 0. The Labute approximate surface area is 197 Å².